The van der Waals surface area contributed by atoms with Gasteiger partial charge in [-0.1, -0.05) is 42.5 Å². The lowest BCUT2D eigenvalue weighted by Gasteiger charge is -2.32. The summed E-state index contributed by atoms with van der Waals surface area (Å²) >= 11 is 0. The predicted molar refractivity (Wildman–Crippen MR) is 146 cm³/mol. The van der Waals surface area contributed by atoms with E-state index in [9.17, 15) is 27.6 Å². The SMILES string of the molecule is CCOC(=O)CCC(=O)N1CCC(C2=NC(C(=O)Nc3ccccc3-c3ccc(CC(F)(F)F)cc3)=CC2)CC1. The first kappa shape index (κ1) is 29.0. The standard InChI is InChI=1S/C30H32F3N3O4/c1-2-40-28(38)14-13-27(37)36-17-15-22(16-18-36)24-11-12-26(34-24)29(39)35-25-6-4-3-5-23(25)21-9-7-20(8-10-21)19-30(31,32)33/h3-10,12,22H,2,11,13-19H2,1H3,(H,35,39). The van der Waals surface area contributed by atoms with Gasteiger partial charge in [-0.05, 0) is 43.0 Å². The molecule has 10 heteroatoms. The Balaban J connectivity index is 1.33. The molecule has 2 aromatic carbocycles. The Morgan fingerprint density at radius 3 is 2.40 bits per heavy atom. The first-order valence-electron chi connectivity index (χ1n) is 13.4. The maximum absolute atomic E-state index is 13.1. The molecule has 2 heterocycles. The molecule has 40 heavy (non-hydrogen) atoms. The number of allylic oxidation sites excluding steroid dienone is 1. The zero-order chi connectivity index (χ0) is 28.7. The van der Waals surface area contributed by atoms with Crippen LogP contribution in [0.25, 0.3) is 11.1 Å². The Kier molecular flexibility index (Phi) is 9.39. The highest BCUT2D eigenvalue weighted by Crippen LogP contribution is 2.31. The zero-order valence-electron chi connectivity index (χ0n) is 22.3. The smallest absolute Gasteiger partial charge is 0.393 e. The number of amides is 2. The van der Waals surface area contributed by atoms with Crippen LogP contribution in [0.1, 0.15) is 44.6 Å². The molecule has 0 spiro atoms. The number of anilines is 1. The molecule has 0 radical (unpaired) electrons. The highest BCUT2D eigenvalue weighted by molar-refractivity contribution is 6.09. The number of aliphatic imine (C=N–C) groups is 1. The Bertz CT molecular complexity index is 1290. The number of hydrogen-bond donors (Lipinski definition) is 1. The van der Waals surface area contributed by atoms with Gasteiger partial charge in [0.15, 0.2) is 0 Å². The lowest BCUT2D eigenvalue weighted by molar-refractivity contribution is -0.146. The minimum Gasteiger partial charge on any atom is -0.466 e. The van der Waals surface area contributed by atoms with Crippen LogP contribution in [0.3, 0.4) is 0 Å². The highest BCUT2D eigenvalue weighted by atomic mass is 19.4. The Morgan fingerprint density at radius 1 is 1.02 bits per heavy atom. The van der Waals surface area contributed by atoms with Crippen molar-refractivity contribution in [3.8, 4) is 11.1 Å². The molecule has 1 fully saturated rings. The number of ether oxygens (including phenoxy) is 1. The maximum Gasteiger partial charge on any atom is 0.393 e. The highest BCUT2D eigenvalue weighted by Gasteiger charge is 2.29. The van der Waals surface area contributed by atoms with Crippen molar-refractivity contribution in [2.24, 2.45) is 10.9 Å². The monoisotopic (exact) mass is 555 g/mol. The molecule has 2 amide bonds. The minimum absolute atomic E-state index is 0.0632. The van der Waals surface area contributed by atoms with Crippen molar-refractivity contribution >= 4 is 29.2 Å². The van der Waals surface area contributed by atoms with Crippen molar-refractivity contribution in [1.29, 1.82) is 0 Å². The summed E-state index contributed by atoms with van der Waals surface area (Å²) in [4.78, 5) is 43.4. The van der Waals surface area contributed by atoms with Crippen molar-refractivity contribution < 1.29 is 32.3 Å². The van der Waals surface area contributed by atoms with Crippen LogP contribution in [0.2, 0.25) is 0 Å². The second-order valence-electron chi connectivity index (χ2n) is 9.85. The van der Waals surface area contributed by atoms with Gasteiger partial charge in [0.05, 0.1) is 19.4 Å². The molecule has 2 aliphatic rings. The minimum atomic E-state index is -4.28. The summed E-state index contributed by atoms with van der Waals surface area (Å²) in [6.07, 6.45) is -1.24. The van der Waals surface area contributed by atoms with Gasteiger partial charge in [-0.2, -0.15) is 13.2 Å². The van der Waals surface area contributed by atoms with Crippen molar-refractivity contribution in [1.82, 2.24) is 4.90 Å². The summed E-state index contributed by atoms with van der Waals surface area (Å²) in [5.41, 5.74) is 3.32. The lowest BCUT2D eigenvalue weighted by Crippen LogP contribution is -2.40. The molecule has 212 valence electrons. The fourth-order valence-electron chi connectivity index (χ4n) is 4.97. The zero-order valence-corrected chi connectivity index (χ0v) is 22.3. The van der Waals surface area contributed by atoms with Gasteiger partial charge in [0, 0.05) is 48.8 Å². The van der Waals surface area contributed by atoms with Crippen molar-refractivity contribution in [3.05, 3.63) is 65.9 Å². The predicted octanol–water partition coefficient (Wildman–Crippen LogP) is 5.71. The Hall–Kier alpha value is -3.95. The van der Waals surface area contributed by atoms with Crippen LogP contribution in [-0.2, 0) is 25.5 Å². The van der Waals surface area contributed by atoms with Crippen LogP contribution in [0, 0.1) is 5.92 Å². The normalized spacial score (nSPS) is 15.8. The summed E-state index contributed by atoms with van der Waals surface area (Å²) in [5.74, 6) is -0.628. The molecule has 4 rings (SSSR count). The number of nitrogens with zero attached hydrogens (tertiary/aromatic N) is 2. The number of piperidine rings is 1. The van der Waals surface area contributed by atoms with E-state index in [-0.39, 0.29) is 42.1 Å². The summed E-state index contributed by atoms with van der Waals surface area (Å²) in [6, 6.07) is 13.2. The van der Waals surface area contributed by atoms with E-state index in [4.69, 9.17) is 4.74 Å². The van der Waals surface area contributed by atoms with Gasteiger partial charge in [-0.3, -0.25) is 19.4 Å². The van der Waals surface area contributed by atoms with Crippen LogP contribution in [-0.4, -0.2) is 54.3 Å². The largest absolute Gasteiger partial charge is 0.466 e. The number of esters is 1. The van der Waals surface area contributed by atoms with E-state index in [1.165, 1.54) is 12.1 Å². The van der Waals surface area contributed by atoms with E-state index in [0.29, 0.717) is 48.6 Å². The number of hydrogen-bond acceptors (Lipinski definition) is 5. The van der Waals surface area contributed by atoms with Crippen LogP contribution >= 0.6 is 0 Å². The third-order valence-electron chi connectivity index (χ3n) is 7.01. The number of para-hydroxylation sites is 1. The number of carbonyl (C=O) groups is 3. The molecule has 0 bridgehead atoms. The van der Waals surface area contributed by atoms with Gasteiger partial charge in [-0.25, -0.2) is 0 Å². The van der Waals surface area contributed by atoms with Gasteiger partial charge in [0.1, 0.15) is 5.70 Å². The maximum atomic E-state index is 13.1. The third kappa shape index (κ3) is 7.80. The van der Waals surface area contributed by atoms with Crippen molar-refractivity contribution in [2.45, 2.75) is 51.6 Å². The molecular formula is C30H32F3N3O4. The molecule has 2 aromatic rings. The number of alkyl halides is 3. The van der Waals surface area contributed by atoms with Crippen LogP contribution in [0.15, 0.2) is 65.3 Å². The van der Waals surface area contributed by atoms with Gasteiger partial charge in [-0.15, -0.1) is 0 Å². The van der Waals surface area contributed by atoms with Crippen LogP contribution < -0.4 is 5.32 Å². The average molecular weight is 556 g/mol. The van der Waals surface area contributed by atoms with Crippen LogP contribution in [0.4, 0.5) is 18.9 Å². The van der Waals surface area contributed by atoms with E-state index in [2.05, 4.69) is 10.3 Å². The molecule has 0 aromatic heterocycles. The fraction of sp³-hybridized carbons (Fsp3) is 0.400. The number of benzene rings is 2. The molecule has 2 aliphatic heterocycles. The quantitative estimate of drug-likeness (QED) is 0.402. The Morgan fingerprint density at radius 2 is 1.73 bits per heavy atom. The van der Waals surface area contributed by atoms with Gasteiger partial charge in [0.2, 0.25) is 5.91 Å². The summed E-state index contributed by atoms with van der Waals surface area (Å²) in [6.45, 7) is 3.17. The number of nitrogens with one attached hydrogen (secondary N) is 1. The number of halogens is 3. The van der Waals surface area contributed by atoms with E-state index >= 15 is 0 Å². The first-order valence-corrected chi connectivity index (χ1v) is 13.4. The van der Waals surface area contributed by atoms with E-state index in [0.717, 1.165) is 18.6 Å². The Labute approximate surface area is 231 Å². The van der Waals surface area contributed by atoms with E-state index < -0.39 is 12.6 Å². The van der Waals surface area contributed by atoms with Gasteiger partial charge >= 0.3 is 12.1 Å². The fourth-order valence-corrected chi connectivity index (χ4v) is 4.97. The summed E-state index contributed by atoms with van der Waals surface area (Å²) in [5, 5.41) is 2.90. The lowest BCUT2D eigenvalue weighted by atomic mass is 9.90. The second-order valence-corrected chi connectivity index (χ2v) is 9.85. The van der Waals surface area contributed by atoms with E-state index in [1.54, 1.807) is 54.3 Å². The number of carbonyl (C=O) groups excluding carboxylic acids is 3. The first-order chi connectivity index (χ1) is 19.1. The van der Waals surface area contributed by atoms with Crippen LogP contribution in [0.5, 0.6) is 0 Å². The molecule has 0 saturated carbocycles. The summed E-state index contributed by atoms with van der Waals surface area (Å²) < 4.78 is 43.0. The number of likely N-dealkylation sites (tertiary alicyclic amines) is 1. The third-order valence-corrected chi connectivity index (χ3v) is 7.01. The van der Waals surface area contributed by atoms with Crippen molar-refractivity contribution in [3.63, 3.8) is 0 Å². The molecular weight excluding hydrogens is 523 g/mol. The molecule has 0 unspecified atom stereocenters. The van der Waals surface area contributed by atoms with E-state index in [1.807, 2.05) is 0 Å². The number of rotatable bonds is 9. The van der Waals surface area contributed by atoms with Gasteiger partial charge in [0.25, 0.3) is 5.91 Å². The summed E-state index contributed by atoms with van der Waals surface area (Å²) in [7, 11) is 0. The second kappa shape index (κ2) is 12.9. The average Bonchev–Trinajstić information content (AvgIpc) is 3.43. The topological polar surface area (TPSA) is 88.1 Å². The van der Waals surface area contributed by atoms with Crippen molar-refractivity contribution in [2.75, 3.05) is 25.0 Å². The van der Waals surface area contributed by atoms with Gasteiger partial charge < -0.3 is 15.0 Å². The molecule has 7 nitrogen and oxygen atoms in total. The molecule has 0 aliphatic carbocycles. The molecule has 1 N–H and O–H groups in total. The molecule has 1 saturated heterocycles. The molecule has 0 atom stereocenters.